The summed E-state index contributed by atoms with van der Waals surface area (Å²) < 4.78 is 5.36. The van der Waals surface area contributed by atoms with E-state index in [2.05, 4.69) is 15.3 Å². The highest BCUT2D eigenvalue weighted by atomic mass is 35.5. The first-order valence-electron chi connectivity index (χ1n) is 8.65. The van der Waals surface area contributed by atoms with Crippen molar-refractivity contribution in [1.82, 2.24) is 28.9 Å². The molecule has 0 saturated heterocycles. The largest absolute Gasteiger partial charge is 0.277 e. The number of hydrogen-bond donors (Lipinski definition) is 0. The summed E-state index contributed by atoms with van der Waals surface area (Å²) in [5.74, 6) is 1.21. The van der Waals surface area contributed by atoms with Crippen molar-refractivity contribution in [3.63, 3.8) is 0 Å². The summed E-state index contributed by atoms with van der Waals surface area (Å²) in [6.45, 7) is 2.83. The highest BCUT2D eigenvalue weighted by molar-refractivity contribution is 6.34. The summed E-state index contributed by atoms with van der Waals surface area (Å²) in [6.07, 6.45) is 0. The second-order valence-electron chi connectivity index (χ2n) is 6.28. The third-order valence-electron chi connectivity index (χ3n) is 4.80. The molecule has 0 atom stereocenters. The first-order valence-corrected chi connectivity index (χ1v) is 9.03. The average Bonchev–Trinajstić information content (AvgIpc) is 3.25. The molecule has 5 rings (SSSR count). The third-order valence-corrected chi connectivity index (χ3v) is 5.07. The Morgan fingerprint density at radius 1 is 0.963 bits per heavy atom. The summed E-state index contributed by atoms with van der Waals surface area (Å²) in [4.78, 5) is 12.8. The second-order valence-corrected chi connectivity index (χ2v) is 6.64. The minimum absolute atomic E-state index is 0.0628. The number of halogens is 1. The molecule has 0 aliphatic heterocycles. The van der Waals surface area contributed by atoms with Crippen molar-refractivity contribution in [2.24, 2.45) is 0 Å². The number of aromatic nitrogens is 6. The molecule has 27 heavy (non-hydrogen) atoms. The van der Waals surface area contributed by atoms with Gasteiger partial charge in [-0.15, -0.1) is 10.2 Å². The zero-order valence-corrected chi connectivity index (χ0v) is 15.3. The van der Waals surface area contributed by atoms with E-state index in [-0.39, 0.29) is 5.56 Å². The Labute approximate surface area is 158 Å². The van der Waals surface area contributed by atoms with Crippen LogP contribution in [-0.4, -0.2) is 28.9 Å². The number of benzene rings is 2. The van der Waals surface area contributed by atoms with E-state index in [1.807, 2.05) is 64.5 Å². The molecule has 3 heterocycles. The predicted molar refractivity (Wildman–Crippen MR) is 104 cm³/mol. The topological polar surface area (TPSA) is 70.0 Å². The molecule has 0 bridgehead atoms. The number of rotatable bonds is 3. The summed E-state index contributed by atoms with van der Waals surface area (Å²) in [7, 11) is 0. The maximum Gasteiger partial charge on any atom is 0.262 e. The first kappa shape index (κ1) is 16.0. The Morgan fingerprint density at radius 3 is 2.44 bits per heavy atom. The summed E-state index contributed by atoms with van der Waals surface area (Å²) in [6, 6.07) is 15.3. The summed E-state index contributed by atoms with van der Waals surface area (Å²) in [5.41, 5.74) is 1.64. The van der Waals surface area contributed by atoms with Crippen molar-refractivity contribution in [2.75, 3.05) is 0 Å². The second kappa shape index (κ2) is 5.92. The van der Waals surface area contributed by atoms with E-state index < -0.39 is 0 Å². The van der Waals surface area contributed by atoms with E-state index >= 15 is 0 Å². The van der Waals surface area contributed by atoms with E-state index in [0.29, 0.717) is 35.2 Å². The fourth-order valence-electron chi connectivity index (χ4n) is 3.54. The monoisotopic (exact) mass is 378 g/mol. The lowest BCUT2D eigenvalue weighted by Gasteiger charge is -2.10. The minimum Gasteiger partial charge on any atom is -0.277 e. The summed E-state index contributed by atoms with van der Waals surface area (Å²) in [5, 5.41) is 15.1. The lowest BCUT2D eigenvalue weighted by molar-refractivity contribution is 0.671. The van der Waals surface area contributed by atoms with Crippen LogP contribution in [-0.2, 0) is 13.1 Å². The normalized spacial score (nSPS) is 11.8. The fraction of sp³-hybridized carbons (Fsp3) is 0.158. The number of para-hydroxylation sites is 2. The molecule has 2 aromatic carbocycles. The van der Waals surface area contributed by atoms with Crippen LogP contribution in [0.5, 0.6) is 0 Å². The zero-order chi connectivity index (χ0) is 18.5. The molecule has 5 aromatic rings. The van der Waals surface area contributed by atoms with E-state index in [9.17, 15) is 4.79 Å². The van der Waals surface area contributed by atoms with E-state index in [4.69, 9.17) is 11.6 Å². The fourth-order valence-corrected chi connectivity index (χ4v) is 3.79. The van der Waals surface area contributed by atoms with Gasteiger partial charge in [0.2, 0.25) is 5.78 Å². The van der Waals surface area contributed by atoms with Crippen LogP contribution in [0.2, 0.25) is 5.15 Å². The third kappa shape index (κ3) is 2.28. The van der Waals surface area contributed by atoms with Gasteiger partial charge in [0.15, 0.2) is 11.0 Å². The van der Waals surface area contributed by atoms with Gasteiger partial charge in [-0.1, -0.05) is 35.9 Å². The molecular formula is C19H15ClN6O. The molecule has 0 aliphatic rings. The molecule has 0 spiro atoms. The predicted octanol–water partition coefficient (Wildman–Crippen LogP) is 3.12. The van der Waals surface area contributed by atoms with Crippen LogP contribution in [0.25, 0.3) is 27.6 Å². The maximum absolute atomic E-state index is 12.8. The van der Waals surface area contributed by atoms with Gasteiger partial charge in [-0.2, -0.15) is 5.10 Å². The molecule has 8 heteroatoms. The van der Waals surface area contributed by atoms with Crippen LogP contribution in [0.3, 0.4) is 0 Å². The Kier molecular flexibility index (Phi) is 3.51. The van der Waals surface area contributed by atoms with E-state index in [1.165, 1.54) is 0 Å². The van der Waals surface area contributed by atoms with Crippen molar-refractivity contribution in [1.29, 1.82) is 0 Å². The maximum atomic E-state index is 12.8. The molecule has 0 amide bonds. The summed E-state index contributed by atoms with van der Waals surface area (Å²) >= 11 is 6.28. The van der Waals surface area contributed by atoms with Crippen LogP contribution in [0.15, 0.2) is 53.3 Å². The van der Waals surface area contributed by atoms with Gasteiger partial charge in [0.1, 0.15) is 6.54 Å². The molecule has 0 unspecified atom stereocenters. The standard InChI is InChI=1S/C19H15ClN6O/c1-2-24-18(27)13-8-4-6-10-15(13)26-16(21-22-19(24)26)11-25-14-9-5-3-7-12(14)17(20)23-25/h3-10H,2,11H2,1H3. The number of fused-ring (bicyclic) bond motifs is 4. The van der Waals surface area contributed by atoms with Crippen molar-refractivity contribution in [3.8, 4) is 0 Å². The number of nitrogens with zero attached hydrogens (tertiary/aromatic N) is 6. The first-order chi connectivity index (χ1) is 13.2. The molecule has 0 aliphatic carbocycles. The number of hydrogen-bond acceptors (Lipinski definition) is 4. The van der Waals surface area contributed by atoms with Crippen LogP contribution in [0.1, 0.15) is 12.7 Å². The molecule has 0 N–H and O–H groups in total. The van der Waals surface area contributed by atoms with Gasteiger partial charge in [-0.3, -0.25) is 18.4 Å². The lowest BCUT2D eigenvalue weighted by Crippen LogP contribution is -2.23. The lowest BCUT2D eigenvalue weighted by atomic mass is 10.2. The van der Waals surface area contributed by atoms with Crippen molar-refractivity contribution >= 4 is 39.2 Å². The Morgan fingerprint density at radius 2 is 1.67 bits per heavy atom. The average molecular weight is 379 g/mol. The van der Waals surface area contributed by atoms with Crippen molar-refractivity contribution < 1.29 is 0 Å². The SMILES string of the molecule is CCn1c(=O)c2ccccc2n2c(Cn3nc(Cl)c4ccccc43)nnc12. The molecule has 134 valence electrons. The van der Waals surface area contributed by atoms with E-state index in [0.717, 1.165) is 16.4 Å². The molecular weight excluding hydrogens is 364 g/mol. The smallest absolute Gasteiger partial charge is 0.262 e. The van der Waals surface area contributed by atoms with Crippen molar-refractivity contribution in [2.45, 2.75) is 20.0 Å². The highest BCUT2D eigenvalue weighted by Crippen LogP contribution is 2.23. The van der Waals surface area contributed by atoms with Gasteiger partial charge in [0, 0.05) is 11.9 Å². The van der Waals surface area contributed by atoms with Gasteiger partial charge >= 0.3 is 0 Å². The van der Waals surface area contributed by atoms with Crippen LogP contribution >= 0.6 is 11.6 Å². The minimum atomic E-state index is -0.0628. The highest BCUT2D eigenvalue weighted by Gasteiger charge is 2.17. The van der Waals surface area contributed by atoms with Gasteiger partial charge in [0.05, 0.1) is 16.4 Å². The van der Waals surface area contributed by atoms with Crippen LogP contribution in [0.4, 0.5) is 0 Å². The van der Waals surface area contributed by atoms with Crippen LogP contribution in [0, 0.1) is 0 Å². The number of aryl methyl sites for hydroxylation is 1. The molecule has 7 nitrogen and oxygen atoms in total. The molecule has 3 aromatic heterocycles. The Bertz CT molecular complexity index is 1380. The Hall–Kier alpha value is -3.19. The molecule has 0 radical (unpaired) electrons. The quantitative estimate of drug-likeness (QED) is 0.483. The zero-order valence-electron chi connectivity index (χ0n) is 14.5. The Balaban J connectivity index is 1.79. The van der Waals surface area contributed by atoms with Gasteiger partial charge in [-0.05, 0) is 31.2 Å². The van der Waals surface area contributed by atoms with Gasteiger partial charge < -0.3 is 0 Å². The van der Waals surface area contributed by atoms with Gasteiger partial charge in [-0.25, -0.2) is 0 Å². The molecule has 0 saturated carbocycles. The van der Waals surface area contributed by atoms with Crippen LogP contribution < -0.4 is 5.56 Å². The van der Waals surface area contributed by atoms with Gasteiger partial charge in [0.25, 0.3) is 5.56 Å². The molecule has 0 fully saturated rings. The van der Waals surface area contributed by atoms with Crippen molar-refractivity contribution in [3.05, 3.63) is 69.9 Å². The van der Waals surface area contributed by atoms with E-state index in [1.54, 1.807) is 4.57 Å².